The van der Waals surface area contributed by atoms with Crippen LogP contribution in [0.25, 0.3) is 100 Å². The van der Waals surface area contributed by atoms with E-state index >= 15 is 0 Å². The lowest BCUT2D eigenvalue weighted by molar-refractivity contribution is 0.669. The van der Waals surface area contributed by atoms with Crippen molar-refractivity contribution < 1.29 is 18.4 Å². The van der Waals surface area contributed by atoms with E-state index < -0.39 is 18.1 Å². The van der Waals surface area contributed by atoms with Crippen LogP contribution in [-0.4, -0.2) is 15.0 Å². The van der Waals surface area contributed by atoms with E-state index in [9.17, 15) is 1.37 Å². The lowest BCUT2D eigenvalue weighted by Gasteiger charge is -2.10. The van der Waals surface area contributed by atoms with Crippen molar-refractivity contribution >= 4 is 43.9 Å². The Morgan fingerprint density at radius 1 is 0.380 bits per heavy atom. The summed E-state index contributed by atoms with van der Waals surface area (Å²) in [7, 11) is 0. The van der Waals surface area contributed by atoms with Gasteiger partial charge in [0.1, 0.15) is 22.3 Å². The van der Waals surface area contributed by atoms with Gasteiger partial charge in [0.2, 0.25) is 0 Å². The second-order valence-electron chi connectivity index (χ2n) is 11.9. The maximum absolute atomic E-state index is 9.19. The fraction of sp³-hybridized carbons (Fsp3) is 0. The number of hydrogen-bond donors (Lipinski definition) is 0. The molecule has 3 heterocycles. The topological polar surface area (TPSA) is 65.0 Å². The second-order valence-corrected chi connectivity index (χ2v) is 11.9. The molecule has 10 rings (SSSR count). The standard InChI is InChI=1S/C45H27N3O2/c1-2-9-28(10-3-1)29-17-21-31(22-18-29)43-46-44(48-45(47-43)37-14-8-13-36-34-11-4-7-16-40(34)50-42(36)37)32-23-19-30(20-24-32)33-25-26-41-38(27-33)35-12-5-6-15-39(35)49-41/h1-27H/i5D,6D,12D,15D,25D,26D,27D. The number of fused-ring (bicyclic) bond motifs is 6. The third-order valence-corrected chi connectivity index (χ3v) is 8.85. The maximum Gasteiger partial charge on any atom is 0.167 e. The second kappa shape index (κ2) is 11.4. The predicted molar refractivity (Wildman–Crippen MR) is 202 cm³/mol. The van der Waals surface area contributed by atoms with Crippen LogP contribution in [0.3, 0.4) is 0 Å². The molecule has 7 aromatic carbocycles. The molecule has 234 valence electrons. The lowest BCUT2D eigenvalue weighted by Crippen LogP contribution is -2.00. The fourth-order valence-corrected chi connectivity index (χ4v) is 6.35. The monoisotopic (exact) mass is 648 g/mol. The number of para-hydroxylation sites is 3. The van der Waals surface area contributed by atoms with E-state index in [1.54, 1.807) is 24.3 Å². The summed E-state index contributed by atoms with van der Waals surface area (Å²) < 4.78 is 72.2. The van der Waals surface area contributed by atoms with Crippen LogP contribution in [0.1, 0.15) is 9.60 Å². The first kappa shape index (κ1) is 21.9. The van der Waals surface area contributed by atoms with Gasteiger partial charge in [-0.15, -0.1) is 0 Å². The van der Waals surface area contributed by atoms with Gasteiger partial charge in [0.25, 0.3) is 0 Å². The molecule has 50 heavy (non-hydrogen) atoms. The van der Waals surface area contributed by atoms with Crippen molar-refractivity contribution in [3.05, 3.63) is 164 Å². The lowest BCUT2D eigenvalue weighted by atomic mass is 10.0. The molecule has 0 fully saturated rings. The zero-order chi connectivity index (χ0) is 39.1. The minimum atomic E-state index is -0.477. The minimum absolute atomic E-state index is 0.00823. The maximum atomic E-state index is 9.19. The highest BCUT2D eigenvalue weighted by atomic mass is 16.3. The van der Waals surface area contributed by atoms with Crippen molar-refractivity contribution in [2.45, 2.75) is 0 Å². The molecule has 0 saturated carbocycles. The van der Waals surface area contributed by atoms with Gasteiger partial charge in [-0.25, -0.2) is 15.0 Å². The van der Waals surface area contributed by atoms with E-state index in [1.807, 2.05) is 84.9 Å². The van der Waals surface area contributed by atoms with Crippen LogP contribution in [0.5, 0.6) is 0 Å². The Bertz CT molecular complexity index is 3250. The van der Waals surface area contributed by atoms with E-state index in [0.717, 1.165) is 33.0 Å². The van der Waals surface area contributed by atoms with Crippen LogP contribution >= 0.6 is 0 Å². The first-order valence-electron chi connectivity index (χ1n) is 19.5. The molecular formula is C45H27N3O2. The Labute approximate surface area is 297 Å². The Morgan fingerprint density at radius 2 is 0.980 bits per heavy atom. The summed E-state index contributed by atoms with van der Waals surface area (Å²) in [5.74, 6) is 1.25. The zero-order valence-electron chi connectivity index (χ0n) is 33.2. The summed E-state index contributed by atoms with van der Waals surface area (Å²) in [6, 6.07) is 36.4. The van der Waals surface area contributed by atoms with E-state index in [-0.39, 0.29) is 51.7 Å². The molecule has 5 heteroatoms. The van der Waals surface area contributed by atoms with Gasteiger partial charge in [-0.05, 0) is 52.5 Å². The fourth-order valence-electron chi connectivity index (χ4n) is 6.35. The summed E-state index contributed by atoms with van der Waals surface area (Å²) >= 11 is 0. The molecule has 0 bridgehead atoms. The van der Waals surface area contributed by atoms with Crippen LogP contribution in [0.4, 0.5) is 0 Å². The smallest absolute Gasteiger partial charge is 0.167 e. The summed E-state index contributed by atoms with van der Waals surface area (Å²) in [6.07, 6.45) is 0. The molecule has 0 N–H and O–H groups in total. The quantitative estimate of drug-likeness (QED) is 0.186. The number of benzene rings is 7. The summed E-state index contributed by atoms with van der Waals surface area (Å²) in [5, 5.41) is 1.99. The van der Waals surface area contributed by atoms with Gasteiger partial charge >= 0.3 is 0 Å². The number of hydrogen-bond acceptors (Lipinski definition) is 5. The van der Waals surface area contributed by atoms with Crippen molar-refractivity contribution in [1.82, 2.24) is 15.0 Å². The highest BCUT2D eigenvalue weighted by Crippen LogP contribution is 2.37. The van der Waals surface area contributed by atoms with Crippen molar-refractivity contribution in [3.8, 4) is 56.4 Å². The largest absolute Gasteiger partial charge is 0.456 e. The number of furan rings is 2. The molecule has 0 atom stereocenters. The third kappa shape index (κ3) is 4.75. The highest BCUT2D eigenvalue weighted by Gasteiger charge is 2.18. The summed E-state index contributed by atoms with van der Waals surface area (Å²) in [6.45, 7) is 0. The molecule has 5 nitrogen and oxygen atoms in total. The zero-order valence-corrected chi connectivity index (χ0v) is 26.2. The Kier molecular flexibility index (Phi) is 4.99. The average molecular weight is 649 g/mol. The van der Waals surface area contributed by atoms with Crippen LogP contribution in [-0.2, 0) is 0 Å². The van der Waals surface area contributed by atoms with Crippen LogP contribution < -0.4 is 0 Å². The molecular weight excluding hydrogens is 615 g/mol. The van der Waals surface area contributed by atoms with Crippen molar-refractivity contribution in [2.75, 3.05) is 0 Å². The molecule has 0 saturated heterocycles. The van der Waals surface area contributed by atoms with E-state index in [2.05, 4.69) is 12.1 Å². The van der Waals surface area contributed by atoms with Gasteiger partial charge < -0.3 is 8.83 Å². The first-order chi connectivity index (χ1) is 27.7. The normalized spacial score (nSPS) is 13.6. The summed E-state index contributed by atoms with van der Waals surface area (Å²) in [5.41, 5.74) is 5.96. The van der Waals surface area contributed by atoms with Gasteiger partial charge in [0.05, 0.1) is 15.2 Å². The predicted octanol–water partition coefficient (Wildman–Crippen LogP) is 12.0. The molecule has 0 aliphatic carbocycles. The Balaban J connectivity index is 1.12. The molecule has 0 aliphatic heterocycles. The Hall–Kier alpha value is -6.85. The first-order valence-corrected chi connectivity index (χ1v) is 16.0. The van der Waals surface area contributed by atoms with Crippen LogP contribution in [0, 0.1) is 0 Å². The van der Waals surface area contributed by atoms with Crippen LogP contribution in [0.2, 0.25) is 0 Å². The van der Waals surface area contributed by atoms with Gasteiger partial charge in [-0.1, -0.05) is 133 Å². The molecule has 3 aromatic heterocycles. The molecule has 0 aliphatic rings. The molecule has 10 aromatic rings. The SMILES string of the molecule is [2H]c1c([2H])c([2H])c2c(oc3c([2H])c([2H])c(-c4ccc(-c5nc(-c6ccc(-c7ccccc7)cc6)nc(-c6cccc7c6oc6ccccc67)n5)cc4)c([2H])c32)c1[2H]. The molecule has 0 unspecified atom stereocenters. The van der Waals surface area contributed by atoms with Crippen molar-refractivity contribution in [2.24, 2.45) is 0 Å². The highest BCUT2D eigenvalue weighted by molar-refractivity contribution is 6.09. The van der Waals surface area contributed by atoms with Gasteiger partial charge in [0.15, 0.2) is 17.5 Å². The number of rotatable bonds is 5. The molecule has 0 amide bonds. The molecule has 0 radical (unpaired) electrons. The van der Waals surface area contributed by atoms with E-state index in [1.165, 1.54) is 0 Å². The summed E-state index contributed by atoms with van der Waals surface area (Å²) in [4.78, 5) is 14.9. The van der Waals surface area contributed by atoms with Gasteiger partial charge in [-0.2, -0.15) is 0 Å². The van der Waals surface area contributed by atoms with E-state index in [0.29, 0.717) is 39.7 Å². The third-order valence-electron chi connectivity index (χ3n) is 8.85. The van der Waals surface area contributed by atoms with Gasteiger partial charge in [-0.3, -0.25) is 0 Å². The van der Waals surface area contributed by atoms with Crippen molar-refractivity contribution in [3.63, 3.8) is 0 Å². The van der Waals surface area contributed by atoms with Crippen LogP contribution in [0.15, 0.2) is 172 Å². The van der Waals surface area contributed by atoms with E-state index in [4.69, 9.17) is 32.0 Å². The number of aromatic nitrogens is 3. The average Bonchev–Trinajstić information content (AvgIpc) is 3.85. The van der Waals surface area contributed by atoms with Gasteiger partial charge in [0, 0.05) is 32.7 Å². The number of nitrogens with zero attached hydrogens (tertiary/aromatic N) is 3. The Morgan fingerprint density at radius 3 is 1.76 bits per heavy atom. The minimum Gasteiger partial charge on any atom is -0.456 e. The molecule has 0 spiro atoms. The van der Waals surface area contributed by atoms with Crippen molar-refractivity contribution in [1.29, 1.82) is 0 Å².